The zero-order valence-corrected chi connectivity index (χ0v) is 13.9. The van der Waals surface area contributed by atoms with E-state index in [4.69, 9.17) is 0 Å². The molecule has 0 N–H and O–H groups in total. The quantitative estimate of drug-likeness (QED) is 0.784. The third kappa shape index (κ3) is 2.37. The Morgan fingerprint density at radius 3 is 2.53 bits per heavy atom. The van der Waals surface area contributed by atoms with Gasteiger partial charge < -0.3 is 0 Å². The lowest BCUT2D eigenvalue weighted by Gasteiger charge is -2.20. The molecule has 102 valence electrons. The predicted molar refractivity (Wildman–Crippen MR) is 82.8 cm³/mol. The number of thiophene rings is 1. The van der Waals surface area contributed by atoms with Gasteiger partial charge in [-0.15, -0.1) is 11.3 Å². The number of rotatable bonds is 3. The van der Waals surface area contributed by atoms with Crippen LogP contribution in [0.2, 0.25) is 0 Å². The molecule has 0 amide bonds. The summed E-state index contributed by atoms with van der Waals surface area (Å²) in [5.74, 6) is -0.362. The summed E-state index contributed by atoms with van der Waals surface area (Å²) in [6.07, 6.45) is 1.09. The van der Waals surface area contributed by atoms with Crippen LogP contribution >= 0.6 is 27.3 Å². The van der Waals surface area contributed by atoms with Gasteiger partial charge in [0.05, 0.1) is 0 Å². The Kier molecular flexibility index (Phi) is 3.62. The third-order valence-corrected chi connectivity index (χ3v) is 7.26. The van der Waals surface area contributed by atoms with Crippen molar-refractivity contribution in [3.05, 3.63) is 33.6 Å². The number of halogens is 1. The van der Waals surface area contributed by atoms with Gasteiger partial charge in [0, 0.05) is 31.8 Å². The number of carbonyl (C=O) groups is 1. The third-order valence-electron chi connectivity index (χ3n) is 3.27. The molecule has 1 aromatic heterocycles. The molecule has 0 unspecified atom stereocenters. The van der Waals surface area contributed by atoms with E-state index < -0.39 is 14.6 Å². The minimum absolute atomic E-state index is 0.362. The van der Waals surface area contributed by atoms with Crippen molar-refractivity contribution in [3.8, 4) is 0 Å². The van der Waals surface area contributed by atoms with E-state index in [1.54, 1.807) is 5.38 Å². The zero-order valence-electron chi connectivity index (χ0n) is 10.7. The molecule has 0 saturated heterocycles. The number of benzene rings is 1. The summed E-state index contributed by atoms with van der Waals surface area (Å²) in [6, 6.07) is 5.57. The van der Waals surface area contributed by atoms with E-state index >= 15 is 0 Å². The molecule has 0 aliphatic heterocycles. The number of hydrogen-bond acceptors (Lipinski definition) is 4. The van der Waals surface area contributed by atoms with Crippen molar-refractivity contribution in [1.82, 2.24) is 0 Å². The smallest absolute Gasteiger partial charge is 0.184 e. The fourth-order valence-corrected chi connectivity index (χ4v) is 3.74. The second-order valence-electron chi connectivity index (χ2n) is 4.88. The largest absolute Gasteiger partial charge is 0.292 e. The number of fused-ring (bicyclic) bond motifs is 1. The van der Waals surface area contributed by atoms with E-state index in [9.17, 15) is 13.2 Å². The van der Waals surface area contributed by atoms with Crippen LogP contribution in [0.1, 0.15) is 24.2 Å². The van der Waals surface area contributed by atoms with Crippen LogP contribution in [0.25, 0.3) is 10.1 Å². The van der Waals surface area contributed by atoms with Crippen LogP contribution < -0.4 is 0 Å². The van der Waals surface area contributed by atoms with Crippen molar-refractivity contribution in [2.45, 2.75) is 18.6 Å². The van der Waals surface area contributed by atoms with Gasteiger partial charge in [-0.3, -0.25) is 4.79 Å². The van der Waals surface area contributed by atoms with Crippen LogP contribution in [-0.2, 0) is 9.84 Å². The summed E-state index contributed by atoms with van der Waals surface area (Å²) in [6.45, 7) is 2.90. The molecule has 6 heteroatoms. The zero-order chi connectivity index (χ0) is 14.4. The maximum Gasteiger partial charge on any atom is 0.184 e. The van der Waals surface area contributed by atoms with E-state index in [1.165, 1.54) is 25.2 Å². The lowest BCUT2D eigenvalue weighted by molar-refractivity contribution is 0.0956. The molecule has 0 aliphatic rings. The normalized spacial score (nSPS) is 12.8. The van der Waals surface area contributed by atoms with E-state index in [-0.39, 0.29) is 5.78 Å². The number of Topliss-reactive ketones (excluding diaryl/α,β-unsaturated/α-hetero) is 1. The summed E-state index contributed by atoms with van der Waals surface area (Å²) in [5, 5.41) is 2.52. The average molecular weight is 361 g/mol. The summed E-state index contributed by atoms with van der Waals surface area (Å²) >= 11 is 4.86. The molecule has 3 nitrogen and oxygen atoms in total. The molecule has 0 bridgehead atoms. The van der Waals surface area contributed by atoms with Crippen LogP contribution in [0.4, 0.5) is 0 Å². The van der Waals surface area contributed by atoms with Crippen LogP contribution in [0.15, 0.2) is 28.1 Å². The Morgan fingerprint density at radius 1 is 1.32 bits per heavy atom. The first-order chi connectivity index (χ1) is 8.66. The first-order valence-corrected chi connectivity index (χ1v) is 9.13. The summed E-state index contributed by atoms with van der Waals surface area (Å²) in [5.41, 5.74) is 0.469. The van der Waals surface area contributed by atoms with Gasteiger partial charge in [-0.1, -0.05) is 12.1 Å². The van der Waals surface area contributed by atoms with Crippen LogP contribution in [-0.4, -0.2) is 25.2 Å². The minimum Gasteiger partial charge on any atom is -0.292 e. The standard InChI is InChI=1S/C13H13BrO3S2/c1-13(2,19(3,16)17)12(15)9-7-18-11-8(9)5-4-6-10(11)14/h4-7H,1-3H3. The highest BCUT2D eigenvalue weighted by atomic mass is 79.9. The second-order valence-corrected chi connectivity index (χ2v) is 9.18. The SMILES string of the molecule is CC(C)(C(=O)c1csc2c(Br)cccc12)S(C)(=O)=O. The lowest BCUT2D eigenvalue weighted by atomic mass is 10.00. The number of sulfone groups is 1. The van der Waals surface area contributed by atoms with Gasteiger partial charge in [-0.25, -0.2) is 8.42 Å². The molecule has 19 heavy (non-hydrogen) atoms. The Morgan fingerprint density at radius 2 is 1.95 bits per heavy atom. The number of hydrogen-bond donors (Lipinski definition) is 0. The van der Waals surface area contributed by atoms with Gasteiger partial charge in [-0.05, 0) is 35.8 Å². The minimum atomic E-state index is -3.46. The van der Waals surface area contributed by atoms with Gasteiger partial charge >= 0.3 is 0 Å². The average Bonchev–Trinajstić information content (AvgIpc) is 2.71. The lowest BCUT2D eigenvalue weighted by Crippen LogP contribution is -2.39. The van der Waals surface area contributed by atoms with E-state index in [0.29, 0.717) is 5.56 Å². The fraction of sp³-hybridized carbons (Fsp3) is 0.308. The van der Waals surface area contributed by atoms with E-state index in [0.717, 1.165) is 20.8 Å². The van der Waals surface area contributed by atoms with E-state index in [1.807, 2.05) is 18.2 Å². The van der Waals surface area contributed by atoms with Crippen molar-refractivity contribution in [3.63, 3.8) is 0 Å². The van der Waals surface area contributed by atoms with Gasteiger partial charge in [0.25, 0.3) is 0 Å². The topological polar surface area (TPSA) is 51.2 Å². The molecule has 1 heterocycles. The molecule has 2 aromatic rings. The van der Waals surface area contributed by atoms with Gasteiger partial charge in [0.1, 0.15) is 4.75 Å². The van der Waals surface area contributed by atoms with Crippen LogP contribution in [0.5, 0.6) is 0 Å². The Balaban J connectivity index is 2.64. The second kappa shape index (κ2) is 4.68. The summed E-state index contributed by atoms with van der Waals surface area (Å²) < 4.78 is 24.0. The number of carbonyl (C=O) groups excluding carboxylic acids is 1. The van der Waals surface area contributed by atoms with Crippen molar-refractivity contribution < 1.29 is 13.2 Å². The predicted octanol–water partition coefficient (Wildman–Crippen LogP) is 3.67. The highest BCUT2D eigenvalue weighted by Crippen LogP contribution is 2.35. The molecule has 0 atom stereocenters. The molecule has 2 rings (SSSR count). The molecular formula is C13H13BrO3S2. The Labute approximate surface area is 124 Å². The monoisotopic (exact) mass is 360 g/mol. The van der Waals surface area contributed by atoms with Crippen molar-refractivity contribution >= 4 is 53.0 Å². The first kappa shape index (κ1) is 14.7. The highest BCUT2D eigenvalue weighted by molar-refractivity contribution is 9.10. The molecular weight excluding hydrogens is 348 g/mol. The van der Waals surface area contributed by atoms with Crippen LogP contribution in [0, 0.1) is 0 Å². The molecule has 0 spiro atoms. The molecule has 1 aromatic carbocycles. The highest BCUT2D eigenvalue weighted by Gasteiger charge is 2.39. The Bertz CT molecular complexity index is 757. The van der Waals surface area contributed by atoms with Crippen molar-refractivity contribution in [2.75, 3.05) is 6.26 Å². The molecule has 0 saturated carbocycles. The van der Waals surface area contributed by atoms with Crippen LogP contribution in [0.3, 0.4) is 0 Å². The van der Waals surface area contributed by atoms with Crippen molar-refractivity contribution in [1.29, 1.82) is 0 Å². The van der Waals surface area contributed by atoms with E-state index in [2.05, 4.69) is 15.9 Å². The Hall–Kier alpha value is -0.720. The molecule has 0 aliphatic carbocycles. The molecule has 0 fully saturated rings. The maximum absolute atomic E-state index is 12.5. The fourth-order valence-electron chi connectivity index (χ4n) is 1.69. The maximum atomic E-state index is 12.5. The summed E-state index contributed by atoms with van der Waals surface area (Å²) in [7, 11) is -3.46. The first-order valence-electron chi connectivity index (χ1n) is 5.56. The summed E-state index contributed by atoms with van der Waals surface area (Å²) in [4.78, 5) is 12.5. The van der Waals surface area contributed by atoms with Gasteiger partial charge in [0.15, 0.2) is 15.6 Å². The van der Waals surface area contributed by atoms with Gasteiger partial charge in [0.2, 0.25) is 0 Å². The van der Waals surface area contributed by atoms with Gasteiger partial charge in [-0.2, -0.15) is 0 Å². The molecule has 0 radical (unpaired) electrons. The van der Waals surface area contributed by atoms with Crippen molar-refractivity contribution in [2.24, 2.45) is 0 Å². The number of ketones is 1.